The summed E-state index contributed by atoms with van der Waals surface area (Å²) in [4.78, 5) is 23.8. The lowest BCUT2D eigenvalue weighted by Crippen LogP contribution is -2.54. The first-order valence-electron chi connectivity index (χ1n) is 7.66. The SMILES string of the molecule is C=CCCC1(C)COCCN1Cc1ccc([N+](=O)[O-])c(C=O)c1. The van der Waals surface area contributed by atoms with Crippen LogP contribution >= 0.6 is 0 Å². The molecule has 0 radical (unpaired) electrons. The van der Waals surface area contributed by atoms with Gasteiger partial charge in [-0.1, -0.05) is 12.1 Å². The van der Waals surface area contributed by atoms with E-state index in [0.29, 0.717) is 26.0 Å². The predicted molar refractivity (Wildman–Crippen MR) is 87.5 cm³/mol. The Hall–Kier alpha value is -2.05. The molecule has 1 unspecified atom stereocenters. The molecule has 0 aromatic heterocycles. The maximum absolute atomic E-state index is 11.1. The van der Waals surface area contributed by atoms with Crippen molar-refractivity contribution in [1.29, 1.82) is 0 Å². The first-order valence-corrected chi connectivity index (χ1v) is 7.66. The molecule has 0 amide bonds. The summed E-state index contributed by atoms with van der Waals surface area (Å²) in [5.41, 5.74) is 0.758. The molecular formula is C17H22N2O4. The number of benzene rings is 1. The summed E-state index contributed by atoms with van der Waals surface area (Å²) in [7, 11) is 0. The molecule has 1 aromatic rings. The Bertz CT molecular complexity index is 602. The van der Waals surface area contributed by atoms with E-state index in [2.05, 4.69) is 18.4 Å². The molecule has 0 N–H and O–H groups in total. The molecule has 2 rings (SSSR count). The Labute approximate surface area is 135 Å². The molecule has 124 valence electrons. The third-order valence-electron chi connectivity index (χ3n) is 4.36. The first kappa shape index (κ1) is 17.3. The number of nitro groups is 1. The number of carbonyl (C=O) groups excluding carboxylic acids is 1. The number of hydrogen-bond acceptors (Lipinski definition) is 5. The van der Waals surface area contributed by atoms with Crippen LogP contribution in [0.5, 0.6) is 0 Å². The van der Waals surface area contributed by atoms with Crippen LogP contribution in [0.3, 0.4) is 0 Å². The first-order chi connectivity index (χ1) is 11.0. The molecule has 1 aromatic carbocycles. The van der Waals surface area contributed by atoms with Gasteiger partial charge < -0.3 is 4.74 Å². The lowest BCUT2D eigenvalue weighted by atomic mass is 9.92. The number of allylic oxidation sites excluding steroid dienone is 1. The number of aldehydes is 1. The van der Waals surface area contributed by atoms with Gasteiger partial charge in [-0.05, 0) is 31.4 Å². The monoisotopic (exact) mass is 318 g/mol. The van der Waals surface area contributed by atoms with Crippen molar-refractivity contribution in [3.63, 3.8) is 0 Å². The van der Waals surface area contributed by atoms with Gasteiger partial charge in [-0.25, -0.2) is 0 Å². The van der Waals surface area contributed by atoms with Crippen LogP contribution < -0.4 is 0 Å². The second-order valence-corrected chi connectivity index (χ2v) is 6.07. The van der Waals surface area contributed by atoms with E-state index in [1.807, 2.05) is 6.08 Å². The van der Waals surface area contributed by atoms with E-state index in [4.69, 9.17) is 4.74 Å². The van der Waals surface area contributed by atoms with Gasteiger partial charge in [0.15, 0.2) is 6.29 Å². The number of morpholine rings is 1. The van der Waals surface area contributed by atoms with E-state index in [9.17, 15) is 14.9 Å². The van der Waals surface area contributed by atoms with Crippen LogP contribution in [0, 0.1) is 10.1 Å². The highest BCUT2D eigenvalue weighted by Crippen LogP contribution is 2.28. The molecule has 6 heteroatoms. The smallest absolute Gasteiger partial charge is 0.279 e. The number of hydrogen-bond donors (Lipinski definition) is 0. The molecule has 0 aliphatic carbocycles. The van der Waals surface area contributed by atoms with Gasteiger partial charge in [0.2, 0.25) is 0 Å². The molecule has 0 saturated carbocycles. The van der Waals surface area contributed by atoms with E-state index in [-0.39, 0.29) is 16.8 Å². The van der Waals surface area contributed by atoms with E-state index in [1.54, 1.807) is 12.1 Å². The second-order valence-electron chi connectivity index (χ2n) is 6.07. The third-order valence-corrected chi connectivity index (χ3v) is 4.36. The lowest BCUT2D eigenvalue weighted by molar-refractivity contribution is -0.385. The fraction of sp³-hybridized carbons (Fsp3) is 0.471. The van der Waals surface area contributed by atoms with Gasteiger partial charge in [0, 0.05) is 24.7 Å². The average molecular weight is 318 g/mol. The zero-order valence-electron chi connectivity index (χ0n) is 13.4. The number of ether oxygens (including phenoxy) is 1. The largest absolute Gasteiger partial charge is 0.378 e. The fourth-order valence-corrected chi connectivity index (χ4v) is 2.92. The highest BCUT2D eigenvalue weighted by atomic mass is 16.6. The topological polar surface area (TPSA) is 72.7 Å². The molecular weight excluding hydrogens is 296 g/mol. The molecule has 1 saturated heterocycles. The Kier molecular flexibility index (Phi) is 5.63. The standard InChI is InChI=1S/C17H22N2O4/c1-3-4-7-17(2)13-23-9-8-18(17)11-14-5-6-16(19(21)22)15(10-14)12-20/h3,5-6,10,12H,1,4,7-9,11,13H2,2H3. The Morgan fingerprint density at radius 3 is 2.96 bits per heavy atom. The molecule has 1 heterocycles. The van der Waals surface area contributed by atoms with Gasteiger partial charge in [-0.2, -0.15) is 0 Å². The van der Waals surface area contributed by atoms with E-state index < -0.39 is 4.92 Å². The Morgan fingerprint density at radius 1 is 1.52 bits per heavy atom. The summed E-state index contributed by atoms with van der Waals surface area (Å²) >= 11 is 0. The van der Waals surface area contributed by atoms with E-state index in [0.717, 1.165) is 24.9 Å². The predicted octanol–water partition coefficient (Wildman–Crippen LogP) is 2.96. The van der Waals surface area contributed by atoms with Gasteiger partial charge in [0.05, 0.1) is 23.7 Å². The summed E-state index contributed by atoms with van der Waals surface area (Å²) in [5, 5.41) is 10.9. The van der Waals surface area contributed by atoms with Crippen molar-refractivity contribution < 1.29 is 14.5 Å². The lowest BCUT2D eigenvalue weighted by Gasteiger charge is -2.44. The number of nitrogens with zero attached hydrogens (tertiary/aromatic N) is 2. The minimum absolute atomic E-state index is 0.102. The van der Waals surface area contributed by atoms with Crippen molar-refractivity contribution >= 4 is 12.0 Å². The fourth-order valence-electron chi connectivity index (χ4n) is 2.92. The van der Waals surface area contributed by atoms with Gasteiger partial charge in [-0.3, -0.25) is 19.8 Å². The van der Waals surface area contributed by atoms with Crippen molar-refractivity contribution in [3.05, 3.63) is 52.1 Å². The van der Waals surface area contributed by atoms with E-state index >= 15 is 0 Å². The van der Waals surface area contributed by atoms with Crippen LogP contribution in [0.15, 0.2) is 30.9 Å². The number of rotatable bonds is 7. The minimum atomic E-state index is -0.531. The molecule has 0 bridgehead atoms. The van der Waals surface area contributed by atoms with E-state index in [1.165, 1.54) is 6.07 Å². The van der Waals surface area contributed by atoms with Gasteiger partial charge in [0.1, 0.15) is 0 Å². The highest BCUT2D eigenvalue weighted by molar-refractivity contribution is 5.81. The molecule has 1 atom stereocenters. The second kappa shape index (κ2) is 7.48. The molecule has 1 fully saturated rings. The number of nitro benzene ring substituents is 1. The quantitative estimate of drug-likeness (QED) is 0.334. The normalized spacial score (nSPS) is 21.8. The van der Waals surface area contributed by atoms with Crippen molar-refractivity contribution in [2.24, 2.45) is 0 Å². The zero-order valence-corrected chi connectivity index (χ0v) is 13.4. The van der Waals surface area contributed by atoms with Crippen LogP contribution in [-0.4, -0.2) is 41.4 Å². The van der Waals surface area contributed by atoms with Crippen molar-refractivity contribution in [1.82, 2.24) is 4.90 Å². The summed E-state index contributed by atoms with van der Waals surface area (Å²) in [6, 6.07) is 4.73. The summed E-state index contributed by atoms with van der Waals surface area (Å²) in [6.45, 7) is 8.67. The summed E-state index contributed by atoms with van der Waals surface area (Å²) < 4.78 is 5.62. The van der Waals surface area contributed by atoms with Crippen LogP contribution in [0.25, 0.3) is 0 Å². The van der Waals surface area contributed by atoms with Crippen LogP contribution in [0.2, 0.25) is 0 Å². The number of carbonyl (C=O) groups is 1. The Morgan fingerprint density at radius 2 is 2.30 bits per heavy atom. The maximum Gasteiger partial charge on any atom is 0.279 e. The molecule has 6 nitrogen and oxygen atoms in total. The summed E-state index contributed by atoms with van der Waals surface area (Å²) in [5.74, 6) is 0. The van der Waals surface area contributed by atoms with Crippen molar-refractivity contribution in [2.75, 3.05) is 19.8 Å². The van der Waals surface area contributed by atoms with Crippen LogP contribution in [0.1, 0.15) is 35.7 Å². The Balaban J connectivity index is 2.20. The maximum atomic E-state index is 11.1. The third kappa shape index (κ3) is 4.03. The van der Waals surface area contributed by atoms with Crippen molar-refractivity contribution in [3.8, 4) is 0 Å². The molecule has 1 aliphatic rings. The molecule has 0 spiro atoms. The zero-order chi connectivity index (χ0) is 16.9. The van der Waals surface area contributed by atoms with Crippen LogP contribution in [-0.2, 0) is 11.3 Å². The minimum Gasteiger partial charge on any atom is -0.378 e. The van der Waals surface area contributed by atoms with Crippen molar-refractivity contribution in [2.45, 2.75) is 31.8 Å². The van der Waals surface area contributed by atoms with Gasteiger partial charge in [-0.15, -0.1) is 6.58 Å². The molecule has 23 heavy (non-hydrogen) atoms. The summed E-state index contributed by atoms with van der Waals surface area (Å²) in [6.07, 6.45) is 4.27. The molecule has 1 aliphatic heterocycles. The van der Waals surface area contributed by atoms with Gasteiger partial charge in [0.25, 0.3) is 5.69 Å². The van der Waals surface area contributed by atoms with Gasteiger partial charge >= 0.3 is 0 Å². The highest BCUT2D eigenvalue weighted by Gasteiger charge is 2.34. The average Bonchev–Trinajstić information content (AvgIpc) is 2.55. The van der Waals surface area contributed by atoms with Crippen LogP contribution in [0.4, 0.5) is 5.69 Å².